The van der Waals surface area contributed by atoms with Crippen LogP contribution in [0.2, 0.25) is 0 Å². The van der Waals surface area contributed by atoms with Crippen molar-refractivity contribution in [2.75, 3.05) is 12.4 Å². The van der Waals surface area contributed by atoms with Gasteiger partial charge in [-0.1, -0.05) is 54.1 Å². The molecule has 0 aliphatic heterocycles. The summed E-state index contributed by atoms with van der Waals surface area (Å²) in [5, 5.41) is 22.7. The average molecular weight is 470 g/mol. The molecule has 0 bridgehead atoms. The molecule has 5 N–H and O–H groups in total. The molecule has 7 nitrogen and oxygen atoms in total. The Bertz CT molecular complexity index is 1270. The van der Waals surface area contributed by atoms with E-state index in [-0.39, 0.29) is 0 Å². The van der Waals surface area contributed by atoms with Gasteiger partial charge in [-0.3, -0.25) is 9.98 Å². The van der Waals surface area contributed by atoms with Crippen molar-refractivity contribution in [1.29, 1.82) is 0 Å². The van der Waals surface area contributed by atoms with Gasteiger partial charge < -0.3 is 21.3 Å². The highest BCUT2D eigenvalue weighted by Crippen LogP contribution is 2.50. The van der Waals surface area contributed by atoms with Gasteiger partial charge in [0.1, 0.15) is 5.84 Å². The lowest BCUT2D eigenvalue weighted by molar-refractivity contribution is -0.0694. The van der Waals surface area contributed by atoms with Gasteiger partial charge in [0.15, 0.2) is 12.1 Å². The van der Waals surface area contributed by atoms with Crippen LogP contribution in [0.4, 0.5) is 5.82 Å². The number of aliphatic hydroxyl groups excluding tert-OH is 1. The molecule has 180 valence electrons. The number of aromatic nitrogens is 2. The van der Waals surface area contributed by atoms with Gasteiger partial charge >= 0.3 is 0 Å². The quantitative estimate of drug-likeness (QED) is 0.232. The fourth-order valence-corrected chi connectivity index (χ4v) is 4.15. The zero-order chi connectivity index (χ0) is 25.0. The first-order valence-electron chi connectivity index (χ1n) is 11.6. The van der Waals surface area contributed by atoms with Crippen LogP contribution in [0.1, 0.15) is 43.5 Å². The molecule has 0 spiro atoms. The summed E-state index contributed by atoms with van der Waals surface area (Å²) in [5.74, 6) is 1.17. The third-order valence-electron chi connectivity index (χ3n) is 6.25. The van der Waals surface area contributed by atoms with Crippen LogP contribution in [0.25, 0.3) is 22.8 Å². The summed E-state index contributed by atoms with van der Waals surface area (Å²) in [6, 6.07) is 16.1. The van der Waals surface area contributed by atoms with Gasteiger partial charge in [0, 0.05) is 24.2 Å². The van der Waals surface area contributed by atoms with Gasteiger partial charge in [-0.2, -0.15) is 0 Å². The number of anilines is 1. The lowest BCUT2D eigenvalue weighted by Crippen LogP contribution is -2.25. The van der Waals surface area contributed by atoms with E-state index in [2.05, 4.69) is 20.3 Å². The van der Waals surface area contributed by atoms with Crippen molar-refractivity contribution >= 4 is 23.3 Å². The molecular formula is C28H31N5O2. The third-order valence-corrected chi connectivity index (χ3v) is 6.25. The van der Waals surface area contributed by atoms with Gasteiger partial charge in [0.05, 0.1) is 18.1 Å². The number of hydrogen-bond acceptors (Lipinski definition) is 6. The predicted octanol–water partition coefficient (Wildman–Crippen LogP) is 4.35. The number of hydrogen-bond donors (Lipinski definition) is 4. The van der Waals surface area contributed by atoms with Crippen molar-refractivity contribution in [2.45, 2.75) is 38.4 Å². The maximum absolute atomic E-state index is 9.71. The van der Waals surface area contributed by atoms with E-state index in [9.17, 15) is 10.2 Å². The van der Waals surface area contributed by atoms with E-state index in [4.69, 9.17) is 5.73 Å². The summed E-state index contributed by atoms with van der Waals surface area (Å²) >= 11 is 0. The van der Waals surface area contributed by atoms with Gasteiger partial charge in [-0.25, -0.2) is 4.98 Å². The van der Waals surface area contributed by atoms with Crippen molar-refractivity contribution in [1.82, 2.24) is 9.97 Å². The van der Waals surface area contributed by atoms with Crippen LogP contribution in [0.3, 0.4) is 0 Å². The highest BCUT2D eigenvalue weighted by atomic mass is 16.5. The lowest BCUT2D eigenvalue weighted by atomic mass is 9.93. The Hall–Kier alpha value is -3.81. The lowest BCUT2D eigenvalue weighted by Gasteiger charge is -2.18. The number of benzene rings is 2. The van der Waals surface area contributed by atoms with Gasteiger partial charge in [-0.05, 0) is 55.0 Å². The topological polar surface area (TPSA) is 117 Å². The number of amidine groups is 1. The van der Waals surface area contributed by atoms with E-state index >= 15 is 0 Å². The third kappa shape index (κ3) is 5.31. The minimum absolute atomic E-state index is 0.498. The smallest absolute Gasteiger partial charge is 0.161 e. The molecule has 1 fully saturated rings. The Morgan fingerprint density at radius 3 is 2.17 bits per heavy atom. The molecule has 35 heavy (non-hydrogen) atoms. The molecule has 0 unspecified atom stereocenters. The van der Waals surface area contributed by atoms with Crippen molar-refractivity contribution in [2.24, 2.45) is 10.7 Å². The maximum atomic E-state index is 9.71. The Balaban J connectivity index is 1.52. The number of aliphatic imine (C=N–C) groups is 1. The number of nitrogens with one attached hydrogen (secondary N) is 1. The molecule has 0 radical (unpaired) electrons. The molecule has 0 saturated heterocycles. The summed E-state index contributed by atoms with van der Waals surface area (Å²) in [5.41, 5.74) is 12.1. The second-order valence-corrected chi connectivity index (χ2v) is 9.01. The van der Waals surface area contributed by atoms with E-state index in [1.807, 2.05) is 68.5 Å². The largest absolute Gasteiger partial charge is 0.404 e. The van der Waals surface area contributed by atoms with E-state index < -0.39 is 11.7 Å². The van der Waals surface area contributed by atoms with Crippen LogP contribution in [0.15, 0.2) is 77.7 Å². The number of nitrogens with two attached hydrogens (primary N) is 1. The SMILES string of the molecule is CN=C(Nc1cncc(C=C(C)C)n1)C(=CN)c1ccc(-c2ccc(C3(C(O)O)CC3)cc2)cc1. The first kappa shape index (κ1) is 24.3. The molecule has 1 aromatic heterocycles. The minimum atomic E-state index is -1.32. The highest BCUT2D eigenvalue weighted by molar-refractivity contribution is 6.28. The Morgan fingerprint density at radius 1 is 1.03 bits per heavy atom. The second kappa shape index (κ2) is 10.2. The van der Waals surface area contributed by atoms with Crippen LogP contribution in [-0.2, 0) is 5.41 Å². The van der Waals surface area contributed by atoms with Crippen molar-refractivity contribution < 1.29 is 10.2 Å². The van der Waals surface area contributed by atoms with Crippen LogP contribution < -0.4 is 11.1 Å². The molecule has 4 rings (SSSR count). The van der Waals surface area contributed by atoms with Crippen molar-refractivity contribution in [3.8, 4) is 11.1 Å². The zero-order valence-corrected chi connectivity index (χ0v) is 20.2. The molecule has 1 saturated carbocycles. The molecule has 7 heteroatoms. The monoisotopic (exact) mass is 469 g/mol. The fourth-order valence-electron chi connectivity index (χ4n) is 4.15. The van der Waals surface area contributed by atoms with Crippen LogP contribution in [0, 0.1) is 0 Å². The molecule has 1 aliphatic carbocycles. The number of nitrogens with zero attached hydrogens (tertiary/aromatic N) is 3. The molecular weight excluding hydrogens is 438 g/mol. The molecule has 3 aromatic rings. The zero-order valence-electron chi connectivity index (χ0n) is 20.2. The van der Waals surface area contributed by atoms with E-state index in [1.165, 1.54) is 6.20 Å². The number of allylic oxidation sites excluding steroid dienone is 1. The van der Waals surface area contributed by atoms with Crippen LogP contribution >= 0.6 is 0 Å². The van der Waals surface area contributed by atoms with Crippen LogP contribution in [-0.4, -0.2) is 39.4 Å². The van der Waals surface area contributed by atoms with Crippen molar-refractivity contribution in [3.05, 3.63) is 89.5 Å². The molecule has 0 amide bonds. The standard InChI is InChI=1S/C28H31N5O2/c1-18(2)14-23-16-31-17-25(32-23)33-26(30-3)24(15-29)21-6-4-19(5-7-21)20-8-10-22(11-9-20)28(12-13-28)27(34)35/h4-11,14-17,27,34-35H,12-13,29H2,1-3H3,(H,30,32,33). The second-order valence-electron chi connectivity index (χ2n) is 9.01. The summed E-state index contributed by atoms with van der Waals surface area (Å²) in [4.78, 5) is 13.2. The van der Waals surface area contributed by atoms with Gasteiger partial charge in [0.2, 0.25) is 0 Å². The maximum Gasteiger partial charge on any atom is 0.161 e. The van der Waals surface area contributed by atoms with Crippen LogP contribution in [0.5, 0.6) is 0 Å². The molecule has 1 aliphatic rings. The van der Waals surface area contributed by atoms with Crippen molar-refractivity contribution in [3.63, 3.8) is 0 Å². The highest BCUT2D eigenvalue weighted by Gasteiger charge is 2.49. The van der Waals surface area contributed by atoms with E-state index in [1.54, 1.807) is 19.4 Å². The van der Waals surface area contributed by atoms with E-state index in [0.717, 1.165) is 51.9 Å². The summed E-state index contributed by atoms with van der Waals surface area (Å²) < 4.78 is 0. The Morgan fingerprint density at radius 2 is 1.66 bits per heavy atom. The Labute approximate surface area is 205 Å². The average Bonchev–Trinajstić information content (AvgIpc) is 3.67. The van der Waals surface area contributed by atoms with E-state index in [0.29, 0.717) is 11.7 Å². The number of aliphatic hydroxyl groups is 2. The first-order valence-corrected chi connectivity index (χ1v) is 11.6. The Kier molecular flexibility index (Phi) is 7.10. The van der Waals surface area contributed by atoms with Gasteiger partial charge in [-0.15, -0.1) is 0 Å². The summed E-state index contributed by atoms with van der Waals surface area (Å²) in [6.07, 6.45) is 7.13. The molecule has 1 heterocycles. The normalized spacial score (nSPS) is 15.1. The fraction of sp³-hybridized carbons (Fsp3) is 0.250. The number of rotatable bonds is 7. The minimum Gasteiger partial charge on any atom is -0.404 e. The van der Waals surface area contributed by atoms with Gasteiger partial charge in [0.25, 0.3) is 0 Å². The first-order chi connectivity index (χ1) is 16.9. The molecule has 0 atom stereocenters. The molecule has 2 aromatic carbocycles. The summed E-state index contributed by atoms with van der Waals surface area (Å²) in [6.45, 7) is 4.02. The summed E-state index contributed by atoms with van der Waals surface area (Å²) in [7, 11) is 1.70. The predicted molar refractivity (Wildman–Crippen MR) is 142 cm³/mol.